The number of carbonyl (C=O) groups excluding carboxylic acids is 1. The Hall–Kier alpha value is -2.64. The molecule has 2 aliphatic rings. The molecule has 2 N–H and O–H groups in total. The van der Waals surface area contributed by atoms with E-state index in [0.29, 0.717) is 56.1 Å². The second-order valence-corrected chi connectivity index (χ2v) is 7.20. The lowest BCUT2D eigenvalue weighted by Gasteiger charge is -2.38. The summed E-state index contributed by atoms with van der Waals surface area (Å²) < 4.78 is 23.6. The number of piperidine rings is 1. The van der Waals surface area contributed by atoms with Crippen LogP contribution in [0.2, 0.25) is 0 Å². The number of hydrogen-bond acceptors (Lipinski definition) is 5. The molecule has 1 fully saturated rings. The van der Waals surface area contributed by atoms with Crippen molar-refractivity contribution in [2.75, 3.05) is 33.0 Å². The van der Waals surface area contributed by atoms with Crippen LogP contribution < -0.4 is 14.8 Å². The number of nitrogens with zero attached hydrogens (tertiary/aromatic N) is 1. The van der Waals surface area contributed by atoms with E-state index in [1.54, 1.807) is 30.3 Å². The van der Waals surface area contributed by atoms with Crippen LogP contribution in [0.15, 0.2) is 42.5 Å². The number of aliphatic hydroxyl groups is 1. The fourth-order valence-corrected chi connectivity index (χ4v) is 3.66. The van der Waals surface area contributed by atoms with Crippen molar-refractivity contribution in [3.63, 3.8) is 0 Å². The van der Waals surface area contributed by atoms with Crippen LogP contribution in [0.3, 0.4) is 0 Å². The fourth-order valence-electron chi connectivity index (χ4n) is 3.66. The van der Waals surface area contributed by atoms with Crippen LogP contribution in [0.25, 0.3) is 0 Å². The molecule has 28 heavy (non-hydrogen) atoms. The molecule has 0 spiro atoms. The first kappa shape index (κ1) is 18.7. The summed E-state index contributed by atoms with van der Waals surface area (Å²) in [4.78, 5) is 14.5. The summed E-state index contributed by atoms with van der Waals surface area (Å²) in [5, 5.41) is 13.8. The number of hydrogen-bond donors (Lipinski definition) is 2. The largest absolute Gasteiger partial charge is 0.454 e. The van der Waals surface area contributed by atoms with Crippen molar-refractivity contribution in [3.05, 3.63) is 59.4 Å². The van der Waals surface area contributed by atoms with E-state index in [9.17, 15) is 14.3 Å². The highest BCUT2D eigenvalue weighted by atomic mass is 19.1. The third kappa shape index (κ3) is 3.95. The fraction of sp³-hybridized carbons (Fsp3) is 0.381. The van der Waals surface area contributed by atoms with Gasteiger partial charge in [0.05, 0.1) is 5.60 Å². The topological polar surface area (TPSA) is 71.0 Å². The Kier molecular flexibility index (Phi) is 5.19. The first-order valence-electron chi connectivity index (χ1n) is 9.42. The molecule has 2 aliphatic heterocycles. The Labute approximate surface area is 162 Å². The van der Waals surface area contributed by atoms with Crippen LogP contribution >= 0.6 is 0 Å². The van der Waals surface area contributed by atoms with Crippen LogP contribution in [0.5, 0.6) is 11.5 Å². The number of amides is 1. The minimum atomic E-state index is -0.917. The molecule has 0 atom stereocenters. The van der Waals surface area contributed by atoms with Gasteiger partial charge < -0.3 is 24.8 Å². The first-order valence-corrected chi connectivity index (χ1v) is 9.42. The summed E-state index contributed by atoms with van der Waals surface area (Å²) in [6.07, 6.45) is 1.16. The van der Waals surface area contributed by atoms with Crippen LogP contribution in [-0.2, 0) is 5.60 Å². The maximum atomic E-state index is 13.1. The molecule has 0 aliphatic carbocycles. The lowest BCUT2D eigenvalue weighted by atomic mass is 9.84. The van der Waals surface area contributed by atoms with Gasteiger partial charge in [0.15, 0.2) is 11.5 Å². The highest BCUT2D eigenvalue weighted by Gasteiger charge is 2.33. The highest BCUT2D eigenvalue weighted by Crippen LogP contribution is 2.33. The zero-order valence-electron chi connectivity index (χ0n) is 15.5. The second kappa shape index (κ2) is 7.77. The molecule has 1 amide bonds. The molecule has 4 rings (SSSR count). The SMILES string of the molecule is O=C(NCCN1CCC(O)(c2ccc(F)cc2)CC1)c1ccc2c(c1)OCO2. The zero-order chi connectivity index (χ0) is 19.6. The van der Waals surface area contributed by atoms with Crippen LogP contribution in [-0.4, -0.2) is 48.9 Å². The van der Waals surface area contributed by atoms with E-state index in [0.717, 1.165) is 5.56 Å². The molecule has 0 radical (unpaired) electrons. The van der Waals surface area contributed by atoms with Crippen molar-refractivity contribution in [1.29, 1.82) is 0 Å². The average Bonchev–Trinajstić information content (AvgIpc) is 3.18. The van der Waals surface area contributed by atoms with Crippen LogP contribution in [0.4, 0.5) is 4.39 Å². The molecule has 0 bridgehead atoms. The summed E-state index contributed by atoms with van der Waals surface area (Å²) in [6, 6.07) is 11.2. The zero-order valence-corrected chi connectivity index (χ0v) is 15.5. The third-order valence-electron chi connectivity index (χ3n) is 5.41. The predicted molar refractivity (Wildman–Crippen MR) is 101 cm³/mol. The molecule has 2 aromatic rings. The van der Waals surface area contributed by atoms with Crippen molar-refractivity contribution in [2.24, 2.45) is 0 Å². The van der Waals surface area contributed by atoms with E-state index >= 15 is 0 Å². The predicted octanol–water partition coefficient (Wildman–Crippen LogP) is 2.27. The van der Waals surface area contributed by atoms with E-state index in [4.69, 9.17) is 9.47 Å². The number of rotatable bonds is 5. The van der Waals surface area contributed by atoms with E-state index in [-0.39, 0.29) is 18.5 Å². The molecular weight excluding hydrogens is 363 g/mol. The molecule has 7 heteroatoms. The lowest BCUT2D eigenvalue weighted by molar-refractivity contribution is -0.0255. The van der Waals surface area contributed by atoms with Crippen molar-refractivity contribution in [1.82, 2.24) is 10.2 Å². The maximum Gasteiger partial charge on any atom is 0.251 e. The van der Waals surface area contributed by atoms with E-state index in [2.05, 4.69) is 10.2 Å². The Morgan fingerprint density at radius 1 is 1.11 bits per heavy atom. The van der Waals surface area contributed by atoms with Gasteiger partial charge >= 0.3 is 0 Å². The van der Waals surface area contributed by atoms with Gasteiger partial charge in [0.1, 0.15) is 5.82 Å². The van der Waals surface area contributed by atoms with Gasteiger partial charge in [-0.25, -0.2) is 4.39 Å². The first-order chi connectivity index (χ1) is 13.5. The molecule has 2 heterocycles. The Balaban J connectivity index is 1.24. The standard InChI is InChI=1S/C21H23FN2O4/c22-17-4-2-16(3-5-17)21(26)7-10-24(11-8-21)12-9-23-20(25)15-1-6-18-19(13-15)28-14-27-18/h1-6,13,26H,7-12,14H2,(H,23,25). The number of ether oxygens (including phenoxy) is 2. The normalized spacial score (nSPS) is 18.1. The summed E-state index contributed by atoms with van der Waals surface area (Å²) in [7, 11) is 0. The molecule has 6 nitrogen and oxygen atoms in total. The summed E-state index contributed by atoms with van der Waals surface area (Å²) in [5.41, 5.74) is 0.373. The van der Waals surface area contributed by atoms with Gasteiger partial charge in [-0.1, -0.05) is 12.1 Å². The van der Waals surface area contributed by atoms with Crippen molar-refractivity contribution >= 4 is 5.91 Å². The number of benzene rings is 2. The maximum absolute atomic E-state index is 13.1. The van der Waals surface area contributed by atoms with Gasteiger partial charge in [0.25, 0.3) is 5.91 Å². The van der Waals surface area contributed by atoms with E-state index in [1.165, 1.54) is 12.1 Å². The van der Waals surface area contributed by atoms with Crippen molar-refractivity contribution in [2.45, 2.75) is 18.4 Å². The third-order valence-corrected chi connectivity index (χ3v) is 5.41. The molecule has 0 unspecified atom stereocenters. The van der Waals surface area contributed by atoms with Gasteiger partial charge in [0.2, 0.25) is 6.79 Å². The summed E-state index contributed by atoms with van der Waals surface area (Å²) in [6.45, 7) is 2.83. The van der Waals surface area contributed by atoms with Gasteiger partial charge in [0, 0.05) is 31.7 Å². The molecule has 0 aromatic heterocycles. The minimum Gasteiger partial charge on any atom is -0.454 e. The summed E-state index contributed by atoms with van der Waals surface area (Å²) >= 11 is 0. The summed E-state index contributed by atoms with van der Waals surface area (Å²) in [5.74, 6) is 0.781. The molecule has 2 aromatic carbocycles. The highest BCUT2D eigenvalue weighted by molar-refractivity contribution is 5.94. The Morgan fingerprint density at radius 3 is 2.57 bits per heavy atom. The van der Waals surface area contributed by atoms with Gasteiger partial charge in [-0.05, 0) is 48.7 Å². The van der Waals surface area contributed by atoms with Crippen LogP contribution in [0, 0.1) is 5.82 Å². The Morgan fingerprint density at radius 2 is 1.82 bits per heavy atom. The van der Waals surface area contributed by atoms with Gasteiger partial charge in [-0.2, -0.15) is 0 Å². The number of halogens is 1. The smallest absolute Gasteiger partial charge is 0.251 e. The molecular formula is C21H23FN2O4. The lowest BCUT2D eigenvalue weighted by Crippen LogP contribution is -2.45. The van der Waals surface area contributed by atoms with Crippen molar-refractivity contribution < 1.29 is 23.8 Å². The number of fused-ring (bicyclic) bond motifs is 1. The quantitative estimate of drug-likeness (QED) is 0.825. The second-order valence-electron chi connectivity index (χ2n) is 7.20. The van der Waals surface area contributed by atoms with Crippen LogP contribution in [0.1, 0.15) is 28.8 Å². The van der Waals surface area contributed by atoms with Gasteiger partial charge in [-0.15, -0.1) is 0 Å². The Bertz CT molecular complexity index is 848. The minimum absolute atomic E-state index is 0.155. The molecule has 148 valence electrons. The number of nitrogens with one attached hydrogen (secondary N) is 1. The monoisotopic (exact) mass is 386 g/mol. The average molecular weight is 386 g/mol. The van der Waals surface area contributed by atoms with Crippen molar-refractivity contribution in [3.8, 4) is 11.5 Å². The van der Waals surface area contributed by atoms with Gasteiger partial charge in [-0.3, -0.25) is 4.79 Å². The molecule has 0 saturated carbocycles. The number of carbonyl (C=O) groups is 1. The van der Waals surface area contributed by atoms with E-state index < -0.39 is 5.60 Å². The molecule has 1 saturated heterocycles. The van der Waals surface area contributed by atoms with E-state index in [1.807, 2.05) is 0 Å². The number of likely N-dealkylation sites (tertiary alicyclic amines) is 1.